The Hall–Kier alpha value is -2.13. The van der Waals surface area contributed by atoms with Crippen LogP contribution in [-0.4, -0.2) is 18.0 Å². The van der Waals surface area contributed by atoms with Crippen LogP contribution in [-0.2, 0) is 16.0 Å². The molecule has 0 radical (unpaired) electrons. The molecule has 0 aromatic heterocycles. The van der Waals surface area contributed by atoms with E-state index in [0.717, 1.165) is 0 Å². The summed E-state index contributed by atoms with van der Waals surface area (Å²) in [6, 6.07) is 4.35. The van der Waals surface area contributed by atoms with E-state index in [2.05, 4.69) is 4.74 Å². The van der Waals surface area contributed by atoms with Crippen molar-refractivity contribution in [3.63, 3.8) is 0 Å². The van der Waals surface area contributed by atoms with Crippen LogP contribution in [0.4, 0.5) is 5.69 Å². The van der Waals surface area contributed by atoms with Gasteiger partial charge in [-0.1, -0.05) is 17.7 Å². The minimum atomic E-state index is -0.748. The highest BCUT2D eigenvalue weighted by atomic mass is 35.5. The second kappa shape index (κ2) is 5.27. The predicted molar refractivity (Wildman–Crippen MR) is 58.5 cm³/mol. The Kier molecular flexibility index (Phi) is 4.01. The summed E-state index contributed by atoms with van der Waals surface area (Å²) in [6.45, 7) is 0. The SMILES string of the molecule is COC(=O)Cc1ccc(Cl)c([N+](=O)[O-])c1C#N. The maximum atomic E-state index is 11.1. The van der Waals surface area contributed by atoms with Gasteiger partial charge in [0.2, 0.25) is 0 Å². The summed E-state index contributed by atoms with van der Waals surface area (Å²) in [7, 11) is 1.19. The summed E-state index contributed by atoms with van der Waals surface area (Å²) in [6.07, 6.45) is -0.211. The number of carbonyl (C=O) groups excluding carboxylic acids is 1. The van der Waals surface area contributed by atoms with E-state index in [-0.39, 0.29) is 22.6 Å². The van der Waals surface area contributed by atoms with Crippen molar-refractivity contribution < 1.29 is 14.5 Å². The minimum Gasteiger partial charge on any atom is -0.469 e. The van der Waals surface area contributed by atoms with Crippen molar-refractivity contribution in [3.05, 3.63) is 38.4 Å². The number of benzene rings is 1. The zero-order chi connectivity index (χ0) is 13.0. The summed E-state index contributed by atoms with van der Waals surface area (Å²) >= 11 is 5.64. The first-order chi connectivity index (χ1) is 8.01. The molecule has 0 heterocycles. The van der Waals surface area contributed by atoms with Crippen LogP contribution in [0.25, 0.3) is 0 Å². The lowest BCUT2D eigenvalue weighted by Crippen LogP contribution is -2.07. The average Bonchev–Trinajstić information content (AvgIpc) is 2.30. The maximum absolute atomic E-state index is 11.1. The van der Waals surface area contributed by atoms with E-state index in [1.54, 1.807) is 6.07 Å². The zero-order valence-corrected chi connectivity index (χ0v) is 9.52. The molecule has 0 unspecified atom stereocenters. The molecule has 0 N–H and O–H groups in total. The van der Waals surface area contributed by atoms with E-state index >= 15 is 0 Å². The fourth-order valence-corrected chi connectivity index (χ4v) is 1.51. The highest BCUT2D eigenvalue weighted by Crippen LogP contribution is 2.30. The molecule has 0 aliphatic rings. The van der Waals surface area contributed by atoms with Gasteiger partial charge >= 0.3 is 11.7 Å². The summed E-state index contributed by atoms with van der Waals surface area (Å²) in [5, 5.41) is 19.5. The van der Waals surface area contributed by atoms with E-state index in [0.29, 0.717) is 0 Å². The molecule has 0 saturated heterocycles. The summed E-state index contributed by atoms with van der Waals surface area (Å²) in [5.74, 6) is -0.585. The normalized spacial score (nSPS) is 9.47. The molecular formula is C10H7ClN2O4. The fourth-order valence-electron chi connectivity index (χ4n) is 1.29. The van der Waals surface area contributed by atoms with Crippen molar-refractivity contribution in [2.24, 2.45) is 0 Å². The first kappa shape index (κ1) is 12.9. The number of methoxy groups -OCH3 is 1. The van der Waals surface area contributed by atoms with Crippen molar-refractivity contribution >= 4 is 23.3 Å². The van der Waals surface area contributed by atoms with Crippen molar-refractivity contribution in [1.29, 1.82) is 5.26 Å². The third-order valence-corrected chi connectivity index (χ3v) is 2.38. The zero-order valence-electron chi connectivity index (χ0n) is 8.77. The van der Waals surface area contributed by atoms with Gasteiger partial charge in [0.05, 0.1) is 18.5 Å². The van der Waals surface area contributed by atoms with Crippen LogP contribution in [0.1, 0.15) is 11.1 Å². The molecular weight excluding hydrogens is 248 g/mol. The molecule has 6 nitrogen and oxygen atoms in total. The number of nitro groups is 1. The highest BCUT2D eigenvalue weighted by molar-refractivity contribution is 6.32. The average molecular weight is 255 g/mol. The van der Waals surface area contributed by atoms with E-state index in [9.17, 15) is 14.9 Å². The number of rotatable bonds is 3. The smallest absolute Gasteiger partial charge is 0.310 e. The highest BCUT2D eigenvalue weighted by Gasteiger charge is 2.23. The van der Waals surface area contributed by atoms with E-state index in [4.69, 9.17) is 16.9 Å². The Morgan fingerprint density at radius 2 is 2.29 bits per heavy atom. The van der Waals surface area contributed by atoms with Gasteiger partial charge in [-0.2, -0.15) is 5.26 Å². The van der Waals surface area contributed by atoms with Gasteiger partial charge in [-0.3, -0.25) is 14.9 Å². The molecule has 0 fully saturated rings. The van der Waals surface area contributed by atoms with Crippen LogP contribution in [0.2, 0.25) is 5.02 Å². The van der Waals surface area contributed by atoms with E-state index < -0.39 is 16.6 Å². The van der Waals surface area contributed by atoms with Crippen LogP contribution in [0.5, 0.6) is 0 Å². The third kappa shape index (κ3) is 2.71. The van der Waals surface area contributed by atoms with Gasteiger partial charge in [-0.25, -0.2) is 0 Å². The third-order valence-electron chi connectivity index (χ3n) is 2.07. The fraction of sp³-hybridized carbons (Fsp3) is 0.200. The van der Waals surface area contributed by atoms with Gasteiger partial charge in [-0.05, 0) is 11.6 Å². The molecule has 88 valence electrons. The number of hydrogen-bond donors (Lipinski definition) is 0. The maximum Gasteiger partial charge on any atom is 0.310 e. The lowest BCUT2D eigenvalue weighted by atomic mass is 10.0. The van der Waals surface area contributed by atoms with Crippen LogP contribution >= 0.6 is 11.6 Å². The van der Waals surface area contributed by atoms with Gasteiger partial charge in [-0.15, -0.1) is 0 Å². The molecule has 17 heavy (non-hydrogen) atoms. The molecule has 0 spiro atoms. The monoisotopic (exact) mass is 254 g/mol. The first-order valence-electron chi connectivity index (χ1n) is 4.44. The van der Waals surface area contributed by atoms with Gasteiger partial charge in [0.1, 0.15) is 16.7 Å². The Morgan fingerprint density at radius 3 is 2.76 bits per heavy atom. The lowest BCUT2D eigenvalue weighted by molar-refractivity contribution is -0.385. The van der Waals surface area contributed by atoms with Crippen molar-refractivity contribution in [2.75, 3.05) is 7.11 Å². The Balaban J connectivity index is 3.34. The molecule has 1 rings (SSSR count). The minimum absolute atomic E-state index is 0.139. The van der Waals surface area contributed by atoms with Crippen LogP contribution in [0, 0.1) is 21.4 Å². The summed E-state index contributed by atoms with van der Waals surface area (Å²) in [5.41, 5.74) is -0.487. The molecule has 0 saturated carbocycles. The van der Waals surface area contributed by atoms with Crippen molar-refractivity contribution in [1.82, 2.24) is 0 Å². The number of ether oxygens (including phenoxy) is 1. The first-order valence-corrected chi connectivity index (χ1v) is 4.81. The Bertz CT molecular complexity index is 522. The summed E-state index contributed by atoms with van der Waals surface area (Å²) in [4.78, 5) is 21.1. The second-order valence-corrected chi connectivity index (χ2v) is 3.46. The van der Waals surface area contributed by atoms with Crippen molar-refractivity contribution in [3.8, 4) is 6.07 Å². The molecule has 1 aromatic carbocycles. The quantitative estimate of drug-likeness (QED) is 0.466. The van der Waals surface area contributed by atoms with Crippen LogP contribution in [0.3, 0.4) is 0 Å². The van der Waals surface area contributed by atoms with Gasteiger partial charge in [0.25, 0.3) is 0 Å². The number of esters is 1. The van der Waals surface area contributed by atoms with E-state index in [1.807, 2.05) is 0 Å². The molecule has 7 heteroatoms. The standard InChI is InChI=1S/C10H7ClN2O4/c1-17-9(14)4-6-2-3-8(11)10(13(15)16)7(6)5-12/h2-3H,4H2,1H3. The Morgan fingerprint density at radius 1 is 1.65 bits per heavy atom. The van der Waals surface area contributed by atoms with Crippen LogP contribution in [0.15, 0.2) is 12.1 Å². The Labute approximate surface area is 102 Å². The summed E-state index contributed by atoms with van der Waals surface area (Å²) < 4.78 is 4.43. The van der Waals surface area contributed by atoms with Gasteiger partial charge < -0.3 is 4.74 Å². The number of halogens is 1. The molecule has 0 aliphatic carbocycles. The number of nitrogens with zero attached hydrogens (tertiary/aromatic N) is 2. The van der Waals surface area contributed by atoms with Crippen molar-refractivity contribution in [2.45, 2.75) is 6.42 Å². The van der Waals surface area contributed by atoms with E-state index in [1.165, 1.54) is 19.2 Å². The molecule has 0 aliphatic heterocycles. The van der Waals surface area contributed by atoms with Crippen LogP contribution < -0.4 is 0 Å². The molecule has 0 atom stereocenters. The predicted octanol–water partition coefficient (Wildman–Crippen LogP) is 1.84. The largest absolute Gasteiger partial charge is 0.469 e. The number of nitriles is 1. The number of hydrogen-bond acceptors (Lipinski definition) is 5. The lowest BCUT2D eigenvalue weighted by Gasteiger charge is -2.04. The number of carbonyl (C=O) groups is 1. The van der Waals surface area contributed by atoms with Gasteiger partial charge in [0.15, 0.2) is 0 Å². The topological polar surface area (TPSA) is 93.2 Å². The molecule has 1 aromatic rings. The molecule has 0 bridgehead atoms. The molecule has 0 amide bonds. The number of nitro benzene ring substituents is 1. The second-order valence-electron chi connectivity index (χ2n) is 3.05. The van der Waals surface area contributed by atoms with Gasteiger partial charge in [0, 0.05) is 0 Å².